The Kier molecular flexibility index (Phi) is 1.83. The van der Waals surface area contributed by atoms with Crippen molar-refractivity contribution in [2.24, 2.45) is 5.92 Å². The van der Waals surface area contributed by atoms with Crippen molar-refractivity contribution in [2.75, 3.05) is 5.88 Å². The normalized spacial score (nSPS) is 45.2. The van der Waals surface area contributed by atoms with Crippen LogP contribution >= 0.6 is 11.6 Å². The third kappa shape index (κ3) is 0.848. The second-order valence-electron chi connectivity index (χ2n) is 4.14. The van der Waals surface area contributed by atoms with Crippen LogP contribution in [0.4, 0.5) is 0 Å². The van der Waals surface area contributed by atoms with Crippen molar-refractivity contribution < 1.29 is 14.3 Å². The molecule has 3 atom stereocenters. The molecule has 2 rings (SSSR count). The van der Waals surface area contributed by atoms with Crippen molar-refractivity contribution in [3.8, 4) is 0 Å². The Morgan fingerprint density at radius 2 is 2.14 bits per heavy atom. The Bertz CT molecular complexity index is 319. The first-order valence-electron chi connectivity index (χ1n) is 4.57. The van der Waals surface area contributed by atoms with Crippen LogP contribution in [0.1, 0.15) is 20.3 Å². The monoisotopic (exact) mass is 217 g/mol. The molecule has 2 aliphatic heterocycles. The largest absolute Gasteiger partial charge is 0.454 e. The molecule has 2 heterocycles. The topological polar surface area (TPSA) is 55.4 Å². The van der Waals surface area contributed by atoms with E-state index >= 15 is 0 Å². The van der Waals surface area contributed by atoms with Gasteiger partial charge >= 0.3 is 5.97 Å². The molecule has 1 N–H and O–H groups in total. The first-order valence-corrected chi connectivity index (χ1v) is 5.10. The number of halogens is 1. The number of rotatable bonds is 2. The lowest BCUT2D eigenvalue weighted by Gasteiger charge is -2.49. The van der Waals surface area contributed by atoms with Crippen molar-refractivity contribution in [3.63, 3.8) is 0 Å². The third-order valence-electron chi connectivity index (χ3n) is 3.46. The summed E-state index contributed by atoms with van der Waals surface area (Å²) in [6, 6.07) is 0. The number of hydrogen-bond acceptors (Lipinski definition) is 3. The summed E-state index contributed by atoms with van der Waals surface area (Å²) in [7, 11) is 0. The van der Waals surface area contributed by atoms with Gasteiger partial charge in [0.15, 0.2) is 11.1 Å². The van der Waals surface area contributed by atoms with Crippen LogP contribution in [0, 0.1) is 5.92 Å². The average Bonchev–Trinajstić information content (AvgIpc) is 2.25. The van der Waals surface area contributed by atoms with Crippen LogP contribution in [0.15, 0.2) is 0 Å². The minimum Gasteiger partial charge on any atom is -0.454 e. The Morgan fingerprint density at radius 3 is 2.57 bits per heavy atom. The summed E-state index contributed by atoms with van der Waals surface area (Å²) in [5, 5.41) is 2.68. The van der Waals surface area contributed by atoms with Crippen molar-refractivity contribution in [1.82, 2.24) is 5.32 Å². The lowest BCUT2D eigenvalue weighted by Crippen LogP contribution is -2.72. The summed E-state index contributed by atoms with van der Waals surface area (Å²) in [4.78, 5) is 22.8. The van der Waals surface area contributed by atoms with Crippen LogP contribution in [-0.4, -0.2) is 28.9 Å². The fourth-order valence-electron chi connectivity index (χ4n) is 2.25. The molecule has 0 aromatic rings. The number of esters is 1. The highest BCUT2D eigenvalue weighted by atomic mass is 35.5. The molecule has 2 fully saturated rings. The van der Waals surface area contributed by atoms with Crippen LogP contribution in [0.5, 0.6) is 0 Å². The third-order valence-corrected chi connectivity index (χ3v) is 3.68. The Balaban J connectivity index is 2.31. The molecule has 2 aliphatic rings. The molecule has 0 radical (unpaired) electrons. The predicted octanol–water partition coefficient (Wildman–Crippen LogP) is 0.435. The Morgan fingerprint density at radius 1 is 1.50 bits per heavy atom. The molecular weight excluding hydrogens is 206 g/mol. The van der Waals surface area contributed by atoms with Crippen molar-refractivity contribution in [1.29, 1.82) is 0 Å². The quantitative estimate of drug-likeness (QED) is 0.539. The van der Waals surface area contributed by atoms with Gasteiger partial charge in [-0.1, -0.05) is 0 Å². The van der Waals surface area contributed by atoms with Crippen LogP contribution in [0.3, 0.4) is 0 Å². The van der Waals surface area contributed by atoms with Gasteiger partial charge in [0.25, 0.3) is 0 Å². The molecule has 0 aliphatic carbocycles. The van der Waals surface area contributed by atoms with E-state index in [9.17, 15) is 9.59 Å². The van der Waals surface area contributed by atoms with Crippen molar-refractivity contribution >= 4 is 23.5 Å². The lowest BCUT2D eigenvalue weighted by atomic mass is 9.72. The lowest BCUT2D eigenvalue weighted by molar-refractivity contribution is -0.216. The highest BCUT2D eigenvalue weighted by molar-refractivity contribution is 6.18. The molecule has 5 heteroatoms. The molecule has 2 saturated heterocycles. The molecular formula is C9H12ClNO3. The second kappa shape index (κ2) is 2.63. The van der Waals surface area contributed by atoms with Gasteiger partial charge in [0.1, 0.15) is 0 Å². The van der Waals surface area contributed by atoms with E-state index in [1.165, 1.54) is 0 Å². The van der Waals surface area contributed by atoms with Gasteiger partial charge < -0.3 is 10.1 Å². The van der Waals surface area contributed by atoms with Gasteiger partial charge in [-0.3, -0.25) is 4.79 Å². The predicted molar refractivity (Wildman–Crippen MR) is 49.9 cm³/mol. The smallest absolute Gasteiger partial charge is 0.336 e. The second-order valence-corrected chi connectivity index (χ2v) is 4.52. The van der Waals surface area contributed by atoms with Gasteiger partial charge in [-0.15, -0.1) is 11.6 Å². The maximum Gasteiger partial charge on any atom is 0.336 e. The fourth-order valence-corrected chi connectivity index (χ4v) is 2.47. The summed E-state index contributed by atoms with van der Waals surface area (Å²) in [6.07, 6.45) is 0.534. The van der Waals surface area contributed by atoms with Gasteiger partial charge in [0.2, 0.25) is 5.91 Å². The fraction of sp³-hybridized carbons (Fsp3) is 0.778. The van der Waals surface area contributed by atoms with E-state index in [0.29, 0.717) is 12.3 Å². The van der Waals surface area contributed by atoms with E-state index in [0.717, 1.165) is 0 Å². The van der Waals surface area contributed by atoms with E-state index in [-0.39, 0.29) is 17.8 Å². The molecule has 0 unspecified atom stereocenters. The summed E-state index contributed by atoms with van der Waals surface area (Å²) >= 11 is 5.61. The number of nitrogens with one attached hydrogen (secondary N) is 1. The van der Waals surface area contributed by atoms with E-state index in [2.05, 4.69) is 5.32 Å². The van der Waals surface area contributed by atoms with Crippen LogP contribution in [-0.2, 0) is 14.3 Å². The molecule has 14 heavy (non-hydrogen) atoms. The van der Waals surface area contributed by atoms with E-state index in [1.54, 1.807) is 13.8 Å². The van der Waals surface area contributed by atoms with Gasteiger partial charge in [-0.2, -0.15) is 0 Å². The zero-order valence-electron chi connectivity index (χ0n) is 8.09. The molecule has 0 aromatic heterocycles. The Hall–Kier alpha value is -0.770. The molecule has 4 nitrogen and oxygen atoms in total. The minimum absolute atomic E-state index is 0.137. The molecule has 0 aromatic carbocycles. The number of alkyl halides is 1. The van der Waals surface area contributed by atoms with Gasteiger partial charge in [-0.05, 0) is 20.3 Å². The number of carbonyl (C=O) groups is 2. The number of fused-ring (bicyclic) bond motifs is 1. The first kappa shape index (κ1) is 9.77. The zero-order valence-corrected chi connectivity index (χ0v) is 8.85. The van der Waals surface area contributed by atoms with Crippen molar-refractivity contribution in [3.05, 3.63) is 0 Å². The molecule has 1 amide bonds. The number of ether oxygens (including phenoxy) is 1. The van der Waals surface area contributed by atoms with Crippen LogP contribution < -0.4 is 5.32 Å². The standard InChI is InChI=1S/C9H12ClNO3/c1-8-7(13)14-9(8,2)5(3-4-10)6(12)11-8/h5H,3-4H2,1-2H3,(H,11,12)/t5-,8-,9-/m0/s1. The van der Waals surface area contributed by atoms with E-state index < -0.39 is 11.1 Å². The van der Waals surface area contributed by atoms with E-state index in [1.807, 2.05) is 0 Å². The number of hydrogen-bond donors (Lipinski definition) is 1. The number of carbonyl (C=O) groups excluding carboxylic acids is 2. The SMILES string of the molecule is C[C@@]12NC(=O)[C@H](CCCl)[C@]1(C)OC2=O. The Labute approximate surface area is 86.9 Å². The summed E-state index contributed by atoms with van der Waals surface area (Å²) in [5.74, 6) is -0.420. The molecule has 0 spiro atoms. The van der Waals surface area contributed by atoms with Gasteiger partial charge in [0.05, 0.1) is 5.92 Å². The molecule has 78 valence electrons. The van der Waals surface area contributed by atoms with E-state index in [4.69, 9.17) is 16.3 Å². The molecule has 0 bridgehead atoms. The van der Waals surface area contributed by atoms with Gasteiger partial charge in [0, 0.05) is 5.88 Å². The average molecular weight is 218 g/mol. The highest BCUT2D eigenvalue weighted by Crippen LogP contribution is 2.49. The maximum atomic E-state index is 11.6. The number of amides is 1. The summed E-state index contributed by atoms with van der Waals surface area (Å²) in [5.41, 5.74) is -1.56. The summed E-state index contributed by atoms with van der Waals surface area (Å²) in [6.45, 7) is 3.48. The van der Waals surface area contributed by atoms with Gasteiger partial charge in [-0.25, -0.2) is 4.79 Å². The van der Waals surface area contributed by atoms with Crippen molar-refractivity contribution in [2.45, 2.75) is 31.4 Å². The first-order chi connectivity index (χ1) is 6.45. The minimum atomic E-state index is -0.846. The summed E-state index contributed by atoms with van der Waals surface area (Å²) < 4.78 is 5.11. The zero-order chi connectivity index (χ0) is 10.6. The highest BCUT2D eigenvalue weighted by Gasteiger charge is 2.73. The maximum absolute atomic E-state index is 11.6. The van der Waals surface area contributed by atoms with Crippen LogP contribution in [0.25, 0.3) is 0 Å². The van der Waals surface area contributed by atoms with Crippen LogP contribution in [0.2, 0.25) is 0 Å². The molecule has 0 saturated carbocycles.